The predicted octanol–water partition coefficient (Wildman–Crippen LogP) is 4.44. The van der Waals surface area contributed by atoms with Crippen LogP contribution >= 0.6 is 11.3 Å². The summed E-state index contributed by atoms with van der Waals surface area (Å²) in [5, 5.41) is 5.29. The first kappa shape index (κ1) is 16.2. The monoisotopic (exact) mass is 338 g/mol. The van der Waals surface area contributed by atoms with E-state index in [0.29, 0.717) is 10.9 Å². The second-order valence-corrected chi connectivity index (χ2v) is 6.34. The Labute approximate surface area is 145 Å². The van der Waals surface area contributed by atoms with Gasteiger partial charge in [0.15, 0.2) is 11.7 Å². The smallest absolute Gasteiger partial charge is 0.264 e. The van der Waals surface area contributed by atoms with Gasteiger partial charge in [-0.2, -0.15) is 0 Å². The number of aryl methyl sites for hydroxylation is 2. The van der Waals surface area contributed by atoms with Crippen LogP contribution in [0.25, 0.3) is 11.3 Å². The molecule has 0 saturated heterocycles. The van der Waals surface area contributed by atoms with Crippen LogP contribution in [-0.2, 0) is 4.79 Å². The topological polar surface area (TPSA) is 51.2 Å². The van der Waals surface area contributed by atoms with E-state index < -0.39 is 0 Å². The molecule has 0 bridgehead atoms. The standard InChI is InChI=1S/C19H18N2O2S/c1-13-8-9-15(10-14(13)2)17-12-24-19(20-17)21-18(22)11-23-16-6-4-3-5-7-16/h3-10,12H,11H2,1-2H3,(H,20,21,22). The fourth-order valence-corrected chi connectivity index (χ4v) is 2.92. The van der Waals surface area contributed by atoms with Gasteiger partial charge in [0.1, 0.15) is 5.75 Å². The van der Waals surface area contributed by atoms with Crippen LogP contribution in [0, 0.1) is 13.8 Å². The number of nitrogens with one attached hydrogen (secondary N) is 1. The number of benzene rings is 2. The van der Waals surface area contributed by atoms with E-state index in [1.807, 2.05) is 41.8 Å². The van der Waals surface area contributed by atoms with Crippen LogP contribution in [0.1, 0.15) is 11.1 Å². The first-order valence-electron chi connectivity index (χ1n) is 7.62. The molecule has 1 aromatic heterocycles. The van der Waals surface area contributed by atoms with Crippen molar-refractivity contribution in [3.8, 4) is 17.0 Å². The molecular formula is C19H18N2O2S. The predicted molar refractivity (Wildman–Crippen MR) is 97.6 cm³/mol. The Balaban J connectivity index is 1.61. The van der Waals surface area contributed by atoms with Crippen molar-refractivity contribution in [1.29, 1.82) is 0 Å². The Morgan fingerprint density at radius 3 is 2.67 bits per heavy atom. The lowest BCUT2D eigenvalue weighted by Crippen LogP contribution is -2.19. The molecule has 24 heavy (non-hydrogen) atoms. The Morgan fingerprint density at radius 1 is 1.12 bits per heavy atom. The van der Waals surface area contributed by atoms with Crippen LogP contribution in [0.15, 0.2) is 53.9 Å². The van der Waals surface area contributed by atoms with E-state index >= 15 is 0 Å². The minimum Gasteiger partial charge on any atom is -0.484 e. The number of rotatable bonds is 5. The van der Waals surface area contributed by atoms with Crippen molar-refractivity contribution in [1.82, 2.24) is 4.98 Å². The van der Waals surface area contributed by atoms with Crippen molar-refractivity contribution in [2.75, 3.05) is 11.9 Å². The van der Waals surface area contributed by atoms with E-state index in [4.69, 9.17) is 4.74 Å². The lowest BCUT2D eigenvalue weighted by molar-refractivity contribution is -0.118. The summed E-state index contributed by atoms with van der Waals surface area (Å²) in [5.74, 6) is 0.447. The minimum absolute atomic E-state index is 0.0391. The summed E-state index contributed by atoms with van der Waals surface area (Å²) in [4.78, 5) is 16.4. The van der Waals surface area contributed by atoms with Gasteiger partial charge in [-0.25, -0.2) is 4.98 Å². The van der Waals surface area contributed by atoms with Gasteiger partial charge in [-0.05, 0) is 43.2 Å². The van der Waals surface area contributed by atoms with E-state index in [1.54, 1.807) is 0 Å². The van der Waals surface area contributed by atoms with E-state index in [-0.39, 0.29) is 12.5 Å². The van der Waals surface area contributed by atoms with Crippen molar-refractivity contribution in [3.63, 3.8) is 0 Å². The summed E-state index contributed by atoms with van der Waals surface area (Å²) in [7, 11) is 0. The van der Waals surface area contributed by atoms with Crippen molar-refractivity contribution in [2.45, 2.75) is 13.8 Å². The van der Waals surface area contributed by atoms with Gasteiger partial charge in [-0.1, -0.05) is 30.3 Å². The van der Waals surface area contributed by atoms with E-state index in [0.717, 1.165) is 11.3 Å². The Kier molecular flexibility index (Phi) is 4.91. The highest BCUT2D eigenvalue weighted by Crippen LogP contribution is 2.26. The molecule has 0 saturated carbocycles. The molecule has 0 spiro atoms. The molecule has 0 aliphatic heterocycles. The fraction of sp³-hybridized carbons (Fsp3) is 0.158. The Bertz CT molecular complexity index is 844. The second-order valence-electron chi connectivity index (χ2n) is 5.49. The van der Waals surface area contributed by atoms with Crippen LogP contribution in [-0.4, -0.2) is 17.5 Å². The van der Waals surface area contributed by atoms with Gasteiger partial charge in [0.2, 0.25) is 0 Å². The summed E-state index contributed by atoms with van der Waals surface area (Å²) in [6, 6.07) is 15.5. The number of carbonyl (C=O) groups excluding carboxylic acids is 1. The number of nitrogens with zero attached hydrogens (tertiary/aromatic N) is 1. The number of hydrogen-bond acceptors (Lipinski definition) is 4. The zero-order valence-electron chi connectivity index (χ0n) is 13.6. The number of amides is 1. The first-order valence-corrected chi connectivity index (χ1v) is 8.50. The largest absolute Gasteiger partial charge is 0.484 e. The normalized spacial score (nSPS) is 10.4. The maximum atomic E-state index is 12.0. The second kappa shape index (κ2) is 7.27. The van der Waals surface area contributed by atoms with Gasteiger partial charge in [-0.15, -0.1) is 11.3 Å². The molecule has 0 aliphatic rings. The number of thiazole rings is 1. The maximum Gasteiger partial charge on any atom is 0.264 e. The third-order valence-corrected chi connectivity index (χ3v) is 4.42. The summed E-state index contributed by atoms with van der Waals surface area (Å²) in [6.45, 7) is 4.12. The summed E-state index contributed by atoms with van der Waals surface area (Å²) in [6.07, 6.45) is 0. The Hall–Kier alpha value is -2.66. The minimum atomic E-state index is -0.222. The van der Waals surface area contributed by atoms with Gasteiger partial charge < -0.3 is 4.74 Å². The average molecular weight is 338 g/mol. The van der Waals surface area contributed by atoms with Crippen molar-refractivity contribution in [3.05, 3.63) is 65.0 Å². The maximum absolute atomic E-state index is 12.0. The molecule has 1 heterocycles. The number of aromatic nitrogens is 1. The lowest BCUT2D eigenvalue weighted by atomic mass is 10.1. The fourth-order valence-electron chi connectivity index (χ4n) is 2.19. The number of hydrogen-bond donors (Lipinski definition) is 1. The number of ether oxygens (including phenoxy) is 1. The summed E-state index contributed by atoms with van der Waals surface area (Å²) in [5.41, 5.74) is 4.39. The zero-order valence-corrected chi connectivity index (χ0v) is 14.4. The molecule has 0 fully saturated rings. The van der Waals surface area contributed by atoms with E-state index in [9.17, 15) is 4.79 Å². The van der Waals surface area contributed by atoms with Gasteiger partial charge in [0, 0.05) is 10.9 Å². The summed E-state index contributed by atoms with van der Waals surface area (Å²) < 4.78 is 5.43. The lowest BCUT2D eigenvalue weighted by Gasteiger charge is -2.05. The van der Waals surface area contributed by atoms with Crippen LogP contribution in [0.4, 0.5) is 5.13 Å². The average Bonchev–Trinajstić information content (AvgIpc) is 3.05. The van der Waals surface area contributed by atoms with Gasteiger partial charge in [-0.3, -0.25) is 10.1 Å². The molecule has 0 aliphatic carbocycles. The van der Waals surface area contributed by atoms with Crippen molar-refractivity contribution < 1.29 is 9.53 Å². The van der Waals surface area contributed by atoms with Crippen molar-refractivity contribution >= 4 is 22.4 Å². The van der Waals surface area contributed by atoms with Gasteiger partial charge in [0.05, 0.1) is 5.69 Å². The third-order valence-electron chi connectivity index (χ3n) is 3.67. The highest BCUT2D eigenvalue weighted by atomic mass is 32.1. The zero-order chi connectivity index (χ0) is 16.9. The molecule has 3 rings (SSSR count). The molecule has 2 aromatic carbocycles. The molecule has 1 N–H and O–H groups in total. The van der Waals surface area contributed by atoms with Gasteiger partial charge >= 0.3 is 0 Å². The molecular weight excluding hydrogens is 320 g/mol. The third kappa shape index (κ3) is 4.00. The van der Waals surface area contributed by atoms with Crippen LogP contribution in [0.2, 0.25) is 0 Å². The van der Waals surface area contributed by atoms with Gasteiger partial charge in [0.25, 0.3) is 5.91 Å². The highest BCUT2D eigenvalue weighted by Gasteiger charge is 2.09. The summed E-state index contributed by atoms with van der Waals surface area (Å²) >= 11 is 1.41. The van der Waals surface area contributed by atoms with Crippen LogP contribution in [0.3, 0.4) is 0 Å². The molecule has 1 amide bonds. The molecule has 3 aromatic rings. The number of anilines is 1. The molecule has 0 radical (unpaired) electrons. The van der Waals surface area contributed by atoms with Crippen LogP contribution in [0.5, 0.6) is 5.75 Å². The Morgan fingerprint density at radius 2 is 1.92 bits per heavy atom. The first-order chi connectivity index (χ1) is 11.6. The SMILES string of the molecule is Cc1ccc(-c2csc(NC(=O)COc3ccccc3)n2)cc1C. The van der Waals surface area contributed by atoms with Crippen LogP contribution < -0.4 is 10.1 Å². The molecule has 0 unspecified atom stereocenters. The molecule has 5 heteroatoms. The van der Waals surface area contributed by atoms with E-state index in [2.05, 4.69) is 36.3 Å². The highest BCUT2D eigenvalue weighted by molar-refractivity contribution is 7.14. The van der Waals surface area contributed by atoms with E-state index in [1.165, 1.54) is 22.5 Å². The number of para-hydroxylation sites is 1. The molecule has 4 nitrogen and oxygen atoms in total. The molecule has 0 atom stereocenters. The van der Waals surface area contributed by atoms with Crippen molar-refractivity contribution in [2.24, 2.45) is 0 Å². The quantitative estimate of drug-likeness (QED) is 0.748. The molecule has 122 valence electrons. The number of carbonyl (C=O) groups is 1.